The fourth-order valence-corrected chi connectivity index (χ4v) is 1.81. The van der Waals surface area contributed by atoms with E-state index in [-0.39, 0.29) is 30.1 Å². The number of rotatable bonds is 2. The molecule has 0 saturated carbocycles. The molecule has 0 spiro atoms. The van der Waals surface area contributed by atoms with E-state index in [1.165, 1.54) is 0 Å². The third-order valence-electron chi connectivity index (χ3n) is 2.65. The van der Waals surface area contributed by atoms with Crippen LogP contribution in [0, 0.1) is 0 Å². The number of hydrogen-bond donors (Lipinski definition) is 1. The van der Waals surface area contributed by atoms with Gasteiger partial charge in [-0.15, -0.1) is 24.0 Å². The van der Waals surface area contributed by atoms with E-state index in [0.29, 0.717) is 19.7 Å². The maximum absolute atomic E-state index is 11.5. The quantitative estimate of drug-likeness (QED) is 0.447. The van der Waals surface area contributed by atoms with Crippen LogP contribution in [0.2, 0.25) is 0 Å². The van der Waals surface area contributed by atoms with Crippen LogP contribution < -0.4 is 5.32 Å². The smallest absolute Gasteiger partial charge is 0.409 e. The Morgan fingerprint density at radius 2 is 1.78 bits per heavy atom. The summed E-state index contributed by atoms with van der Waals surface area (Å²) in [6.45, 7) is 8.09. The second-order valence-electron chi connectivity index (χ2n) is 3.75. The first-order valence-corrected chi connectivity index (χ1v) is 6.10. The molecule has 1 heterocycles. The highest BCUT2D eigenvalue weighted by molar-refractivity contribution is 14.0. The van der Waals surface area contributed by atoms with Crippen molar-refractivity contribution in [2.75, 3.05) is 46.4 Å². The van der Waals surface area contributed by atoms with Gasteiger partial charge >= 0.3 is 6.09 Å². The summed E-state index contributed by atoms with van der Waals surface area (Å²) in [5.74, 6) is 0.899. The third-order valence-corrected chi connectivity index (χ3v) is 2.65. The summed E-state index contributed by atoms with van der Waals surface area (Å²) in [6.07, 6.45) is -0.217. The van der Waals surface area contributed by atoms with Gasteiger partial charge in [-0.05, 0) is 13.8 Å². The lowest BCUT2D eigenvalue weighted by molar-refractivity contribution is 0.0915. The molecule has 0 aromatic heterocycles. The summed E-state index contributed by atoms with van der Waals surface area (Å²) in [5, 5.41) is 3.21. The minimum absolute atomic E-state index is 0. The van der Waals surface area contributed by atoms with Crippen molar-refractivity contribution >= 4 is 36.0 Å². The average molecular weight is 370 g/mol. The highest BCUT2D eigenvalue weighted by atomic mass is 127. The predicted octanol–water partition coefficient (Wildman–Crippen LogP) is 0.974. The Kier molecular flexibility index (Phi) is 8.86. The van der Waals surface area contributed by atoms with Gasteiger partial charge in [0, 0.05) is 39.8 Å². The number of hydrogen-bond acceptors (Lipinski definition) is 3. The molecule has 0 aromatic carbocycles. The molecule has 1 saturated heterocycles. The second-order valence-corrected chi connectivity index (χ2v) is 3.75. The Morgan fingerprint density at radius 1 is 1.22 bits per heavy atom. The molecule has 0 atom stereocenters. The molecular weight excluding hydrogens is 347 g/mol. The van der Waals surface area contributed by atoms with E-state index < -0.39 is 0 Å². The van der Waals surface area contributed by atoms with Crippen molar-refractivity contribution < 1.29 is 9.53 Å². The Labute approximate surface area is 126 Å². The third kappa shape index (κ3) is 4.87. The van der Waals surface area contributed by atoms with Crippen LogP contribution in [-0.2, 0) is 4.74 Å². The van der Waals surface area contributed by atoms with E-state index >= 15 is 0 Å². The van der Waals surface area contributed by atoms with E-state index in [9.17, 15) is 4.79 Å². The molecule has 6 nitrogen and oxygen atoms in total. The van der Waals surface area contributed by atoms with Crippen molar-refractivity contribution in [3.05, 3.63) is 0 Å². The number of carbonyl (C=O) groups excluding carboxylic acids is 1. The van der Waals surface area contributed by atoms with Crippen molar-refractivity contribution in [2.24, 2.45) is 4.99 Å². The molecule has 0 bridgehead atoms. The molecule has 7 heteroatoms. The summed E-state index contributed by atoms with van der Waals surface area (Å²) >= 11 is 0. The molecule has 106 valence electrons. The predicted molar refractivity (Wildman–Crippen MR) is 82.6 cm³/mol. The lowest BCUT2D eigenvalue weighted by Crippen LogP contribution is -2.53. The lowest BCUT2D eigenvalue weighted by atomic mass is 10.3. The van der Waals surface area contributed by atoms with Crippen LogP contribution in [0.5, 0.6) is 0 Å². The van der Waals surface area contributed by atoms with Gasteiger partial charge in [0.05, 0.1) is 6.61 Å². The largest absolute Gasteiger partial charge is 0.450 e. The molecule has 1 aliphatic heterocycles. The molecule has 0 aromatic rings. The number of ether oxygens (including phenoxy) is 1. The number of halogens is 1. The summed E-state index contributed by atoms with van der Waals surface area (Å²) in [6, 6.07) is 0. The molecule has 0 aliphatic carbocycles. The Morgan fingerprint density at radius 3 is 2.22 bits per heavy atom. The van der Waals surface area contributed by atoms with Gasteiger partial charge in [0.1, 0.15) is 0 Å². The van der Waals surface area contributed by atoms with Crippen molar-refractivity contribution in [1.29, 1.82) is 0 Å². The van der Waals surface area contributed by atoms with Gasteiger partial charge in [-0.2, -0.15) is 0 Å². The highest BCUT2D eigenvalue weighted by Gasteiger charge is 2.23. The number of piperazine rings is 1. The fourth-order valence-electron chi connectivity index (χ4n) is 1.81. The minimum Gasteiger partial charge on any atom is -0.450 e. The summed E-state index contributed by atoms with van der Waals surface area (Å²) < 4.78 is 4.97. The van der Waals surface area contributed by atoms with Gasteiger partial charge in [0.15, 0.2) is 5.96 Å². The van der Waals surface area contributed by atoms with Crippen LogP contribution in [-0.4, -0.2) is 68.2 Å². The zero-order valence-electron chi connectivity index (χ0n) is 11.3. The number of nitrogens with zero attached hydrogens (tertiary/aromatic N) is 3. The van der Waals surface area contributed by atoms with E-state index in [1.54, 1.807) is 11.9 Å². The molecule has 1 amide bonds. The van der Waals surface area contributed by atoms with E-state index in [4.69, 9.17) is 4.74 Å². The van der Waals surface area contributed by atoms with Gasteiger partial charge in [0.25, 0.3) is 0 Å². The van der Waals surface area contributed by atoms with Crippen molar-refractivity contribution in [3.63, 3.8) is 0 Å². The number of guanidine groups is 1. The van der Waals surface area contributed by atoms with Crippen molar-refractivity contribution in [1.82, 2.24) is 15.1 Å². The van der Waals surface area contributed by atoms with Gasteiger partial charge in [-0.3, -0.25) is 4.99 Å². The molecule has 0 radical (unpaired) electrons. The average Bonchev–Trinajstić information content (AvgIpc) is 2.36. The molecule has 1 rings (SSSR count). The highest BCUT2D eigenvalue weighted by Crippen LogP contribution is 2.04. The van der Waals surface area contributed by atoms with Crippen LogP contribution in [0.1, 0.15) is 13.8 Å². The monoisotopic (exact) mass is 370 g/mol. The number of nitrogens with one attached hydrogen (secondary N) is 1. The summed E-state index contributed by atoms with van der Waals surface area (Å²) in [7, 11) is 1.77. The maximum atomic E-state index is 11.5. The molecule has 1 aliphatic rings. The van der Waals surface area contributed by atoms with Crippen LogP contribution in [0.25, 0.3) is 0 Å². The topological polar surface area (TPSA) is 57.2 Å². The standard InChI is InChI=1S/C11H22N4O2.HI/c1-4-13-10(12-3)14-6-8-15(9-7-14)11(16)17-5-2;/h4-9H2,1-3H3,(H,12,13);1H. The van der Waals surface area contributed by atoms with Gasteiger partial charge in [-0.25, -0.2) is 4.79 Å². The molecule has 1 N–H and O–H groups in total. The van der Waals surface area contributed by atoms with E-state index in [0.717, 1.165) is 25.6 Å². The zero-order valence-corrected chi connectivity index (χ0v) is 13.6. The Bertz CT molecular complexity index is 278. The first kappa shape index (κ1) is 17.3. The zero-order chi connectivity index (χ0) is 12.7. The van der Waals surface area contributed by atoms with Gasteiger partial charge in [-0.1, -0.05) is 0 Å². The van der Waals surface area contributed by atoms with Gasteiger partial charge < -0.3 is 19.9 Å². The number of carbonyl (C=O) groups is 1. The minimum atomic E-state index is -0.217. The normalized spacial score (nSPS) is 16.1. The maximum Gasteiger partial charge on any atom is 0.409 e. The van der Waals surface area contributed by atoms with E-state index in [1.807, 2.05) is 13.8 Å². The SMILES string of the molecule is CCNC(=NC)N1CCN(C(=O)OCC)CC1.I. The second kappa shape index (κ2) is 9.23. The van der Waals surface area contributed by atoms with Crippen LogP contribution in [0.4, 0.5) is 4.79 Å². The van der Waals surface area contributed by atoms with Crippen LogP contribution in [0.15, 0.2) is 4.99 Å². The molecule has 0 unspecified atom stereocenters. The molecule has 18 heavy (non-hydrogen) atoms. The first-order valence-electron chi connectivity index (χ1n) is 6.10. The first-order chi connectivity index (χ1) is 8.22. The van der Waals surface area contributed by atoms with Crippen molar-refractivity contribution in [2.45, 2.75) is 13.8 Å². The Balaban J connectivity index is 0.00000289. The number of aliphatic imine (C=N–C) groups is 1. The van der Waals surface area contributed by atoms with Crippen molar-refractivity contribution in [3.8, 4) is 0 Å². The molecular formula is C11H23IN4O2. The van der Waals surface area contributed by atoms with Crippen LogP contribution in [0.3, 0.4) is 0 Å². The summed E-state index contributed by atoms with van der Waals surface area (Å²) in [5.41, 5.74) is 0. The summed E-state index contributed by atoms with van der Waals surface area (Å²) in [4.78, 5) is 19.6. The fraction of sp³-hybridized carbons (Fsp3) is 0.818. The molecule has 1 fully saturated rings. The number of amides is 1. The van der Waals surface area contributed by atoms with E-state index in [2.05, 4.69) is 15.2 Å². The lowest BCUT2D eigenvalue weighted by Gasteiger charge is -2.35. The van der Waals surface area contributed by atoms with Crippen LogP contribution >= 0.6 is 24.0 Å². The Hall–Kier alpha value is -0.730. The van der Waals surface area contributed by atoms with Gasteiger partial charge in [0.2, 0.25) is 0 Å².